The largest absolute Gasteiger partial charge is 0.346 e. The molecule has 98 valence electrons. The molecule has 2 aromatic rings. The predicted molar refractivity (Wildman–Crippen MR) is 62.0 cm³/mol. The molecule has 0 bridgehead atoms. The molecule has 1 heterocycles. The molecule has 6 heteroatoms. The number of benzene rings is 1. The van der Waals surface area contributed by atoms with Gasteiger partial charge < -0.3 is 14.5 Å². The summed E-state index contributed by atoms with van der Waals surface area (Å²) < 4.78 is 37.2. The molecule has 0 unspecified atom stereocenters. The van der Waals surface area contributed by atoms with Crippen LogP contribution >= 0.6 is 0 Å². The third-order valence-electron chi connectivity index (χ3n) is 2.42. The van der Waals surface area contributed by atoms with Crippen molar-refractivity contribution in [1.29, 1.82) is 0 Å². The highest BCUT2D eigenvalue weighted by Gasteiger charge is 2.18. The maximum Gasteiger partial charge on any atom is 0.217 e. The lowest BCUT2D eigenvalue weighted by atomic mass is 10.3. The van der Waals surface area contributed by atoms with Gasteiger partial charge in [0.2, 0.25) is 6.29 Å². The zero-order valence-electron chi connectivity index (χ0n) is 10.2. The van der Waals surface area contributed by atoms with E-state index in [4.69, 9.17) is 9.47 Å². The van der Waals surface area contributed by atoms with Crippen molar-refractivity contribution in [3.63, 3.8) is 0 Å². The Labute approximate surface area is 103 Å². The zero-order chi connectivity index (χ0) is 13.1. The molecule has 1 aromatic heterocycles. The average Bonchev–Trinajstić information content (AvgIpc) is 2.78. The maximum absolute atomic E-state index is 13.5. The van der Waals surface area contributed by atoms with E-state index in [2.05, 4.69) is 9.97 Å². The number of H-pyrrole nitrogens is 1. The first-order valence-corrected chi connectivity index (χ1v) is 5.74. The minimum absolute atomic E-state index is 0.0468. The quantitative estimate of drug-likeness (QED) is 0.837. The monoisotopic (exact) mass is 256 g/mol. The fourth-order valence-electron chi connectivity index (χ4n) is 1.66. The van der Waals surface area contributed by atoms with Gasteiger partial charge in [0.1, 0.15) is 5.52 Å². The number of halogens is 2. The molecule has 0 fully saturated rings. The number of nitrogens with zero attached hydrogens (tertiary/aromatic N) is 1. The van der Waals surface area contributed by atoms with Crippen LogP contribution in [-0.4, -0.2) is 23.2 Å². The van der Waals surface area contributed by atoms with Gasteiger partial charge >= 0.3 is 0 Å². The van der Waals surface area contributed by atoms with E-state index in [1.807, 2.05) is 13.8 Å². The molecule has 0 radical (unpaired) electrons. The van der Waals surface area contributed by atoms with Crippen LogP contribution in [0.25, 0.3) is 11.0 Å². The van der Waals surface area contributed by atoms with Gasteiger partial charge in [-0.2, -0.15) is 0 Å². The Hall–Kier alpha value is -1.53. The molecule has 1 aromatic carbocycles. The van der Waals surface area contributed by atoms with Gasteiger partial charge in [0, 0.05) is 13.2 Å². The number of aromatic amines is 1. The zero-order valence-corrected chi connectivity index (χ0v) is 10.2. The first kappa shape index (κ1) is 12.9. The first-order valence-electron chi connectivity index (χ1n) is 5.74. The second-order valence-corrected chi connectivity index (χ2v) is 3.62. The Kier molecular flexibility index (Phi) is 3.88. The van der Waals surface area contributed by atoms with Crippen molar-refractivity contribution in [1.82, 2.24) is 9.97 Å². The van der Waals surface area contributed by atoms with Gasteiger partial charge in [0.15, 0.2) is 17.5 Å². The van der Waals surface area contributed by atoms with E-state index >= 15 is 0 Å². The van der Waals surface area contributed by atoms with Crippen molar-refractivity contribution in [2.45, 2.75) is 20.1 Å². The van der Waals surface area contributed by atoms with Crippen molar-refractivity contribution >= 4 is 11.0 Å². The molecule has 0 aliphatic heterocycles. The Balaban J connectivity index is 2.42. The summed E-state index contributed by atoms with van der Waals surface area (Å²) in [5.74, 6) is -1.56. The molecular formula is C12H14F2N2O2. The van der Waals surface area contributed by atoms with E-state index in [1.54, 1.807) is 0 Å². The summed E-state index contributed by atoms with van der Waals surface area (Å²) >= 11 is 0. The average molecular weight is 256 g/mol. The molecule has 1 N–H and O–H groups in total. The van der Waals surface area contributed by atoms with Crippen LogP contribution in [0.1, 0.15) is 26.0 Å². The Morgan fingerprint density at radius 2 is 1.89 bits per heavy atom. The Morgan fingerprint density at radius 3 is 2.50 bits per heavy atom. The summed E-state index contributed by atoms with van der Waals surface area (Å²) in [4.78, 5) is 6.86. The molecular weight excluding hydrogens is 242 g/mol. The van der Waals surface area contributed by atoms with Crippen LogP contribution in [0.15, 0.2) is 12.1 Å². The molecule has 2 rings (SSSR count). The van der Waals surface area contributed by atoms with E-state index < -0.39 is 17.9 Å². The van der Waals surface area contributed by atoms with E-state index in [0.717, 1.165) is 6.07 Å². The molecule has 0 aliphatic carbocycles. The molecule has 4 nitrogen and oxygen atoms in total. The van der Waals surface area contributed by atoms with Crippen LogP contribution in [0.5, 0.6) is 0 Å². The molecule has 0 atom stereocenters. The number of hydrogen-bond donors (Lipinski definition) is 1. The topological polar surface area (TPSA) is 47.1 Å². The molecule has 0 amide bonds. The second-order valence-electron chi connectivity index (χ2n) is 3.62. The normalized spacial score (nSPS) is 11.6. The van der Waals surface area contributed by atoms with Crippen molar-refractivity contribution in [2.75, 3.05) is 13.2 Å². The fraction of sp³-hybridized carbons (Fsp3) is 0.417. The van der Waals surface area contributed by atoms with Crippen LogP contribution in [0.4, 0.5) is 8.78 Å². The minimum atomic E-state index is -0.971. The van der Waals surface area contributed by atoms with Crippen LogP contribution in [0.3, 0.4) is 0 Å². The number of nitrogens with one attached hydrogen (secondary N) is 1. The molecule has 0 saturated carbocycles. The highest BCUT2D eigenvalue weighted by molar-refractivity contribution is 5.75. The lowest BCUT2D eigenvalue weighted by Crippen LogP contribution is -2.10. The summed E-state index contributed by atoms with van der Waals surface area (Å²) in [5.41, 5.74) is 0.364. The summed E-state index contributed by atoms with van der Waals surface area (Å²) in [5, 5.41) is 0. The van der Waals surface area contributed by atoms with Crippen molar-refractivity contribution < 1.29 is 18.3 Å². The Morgan fingerprint density at radius 1 is 1.22 bits per heavy atom. The molecule has 0 spiro atoms. The molecule has 0 aliphatic rings. The van der Waals surface area contributed by atoms with Gasteiger partial charge in [-0.05, 0) is 26.0 Å². The predicted octanol–water partition coefficient (Wildman–Crippen LogP) is 2.91. The van der Waals surface area contributed by atoms with Crippen LogP contribution in [0, 0.1) is 11.6 Å². The number of aromatic nitrogens is 2. The van der Waals surface area contributed by atoms with E-state index in [-0.39, 0.29) is 5.52 Å². The fourth-order valence-corrected chi connectivity index (χ4v) is 1.66. The third kappa shape index (κ3) is 2.34. The van der Waals surface area contributed by atoms with Gasteiger partial charge in [0.25, 0.3) is 0 Å². The van der Waals surface area contributed by atoms with Gasteiger partial charge in [0.05, 0.1) is 5.52 Å². The van der Waals surface area contributed by atoms with Gasteiger partial charge in [-0.25, -0.2) is 13.8 Å². The molecule has 18 heavy (non-hydrogen) atoms. The van der Waals surface area contributed by atoms with Crippen molar-refractivity contribution in [3.8, 4) is 0 Å². The summed E-state index contributed by atoms with van der Waals surface area (Å²) in [6.07, 6.45) is -0.699. The second kappa shape index (κ2) is 5.41. The van der Waals surface area contributed by atoms with E-state index in [9.17, 15) is 8.78 Å². The van der Waals surface area contributed by atoms with Crippen LogP contribution in [0.2, 0.25) is 0 Å². The van der Waals surface area contributed by atoms with Gasteiger partial charge in [-0.15, -0.1) is 0 Å². The highest BCUT2D eigenvalue weighted by atomic mass is 19.2. The third-order valence-corrected chi connectivity index (χ3v) is 2.42. The molecule has 0 saturated heterocycles. The summed E-state index contributed by atoms with van der Waals surface area (Å²) in [7, 11) is 0. The van der Waals surface area contributed by atoms with Crippen LogP contribution < -0.4 is 0 Å². The summed E-state index contributed by atoms with van der Waals surface area (Å²) in [6.45, 7) is 4.49. The van der Waals surface area contributed by atoms with Gasteiger partial charge in [-0.3, -0.25) is 0 Å². The number of rotatable bonds is 5. The standard InChI is InChI=1S/C12H14F2N2O2/c1-3-17-12(18-4-2)11-15-8-6-5-7(13)9(14)10(8)16-11/h5-6,12H,3-4H2,1-2H3,(H,15,16). The number of imidazole rings is 1. The SMILES string of the molecule is CCOC(OCC)c1nc2c(F)c(F)ccc2[nH]1. The van der Waals surface area contributed by atoms with E-state index in [1.165, 1.54) is 6.07 Å². The van der Waals surface area contributed by atoms with Crippen LogP contribution in [-0.2, 0) is 9.47 Å². The minimum Gasteiger partial charge on any atom is -0.346 e. The van der Waals surface area contributed by atoms with Crippen molar-refractivity contribution in [2.24, 2.45) is 0 Å². The maximum atomic E-state index is 13.5. The lowest BCUT2D eigenvalue weighted by molar-refractivity contribution is -0.144. The summed E-state index contributed by atoms with van der Waals surface area (Å²) in [6, 6.07) is 2.48. The lowest BCUT2D eigenvalue weighted by Gasteiger charge is -2.13. The number of hydrogen-bond acceptors (Lipinski definition) is 3. The number of fused-ring (bicyclic) bond motifs is 1. The Bertz CT molecular complexity index is 536. The smallest absolute Gasteiger partial charge is 0.217 e. The van der Waals surface area contributed by atoms with Crippen molar-refractivity contribution in [3.05, 3.63) is 29.6 Å². The number of ether oxygens (including phenoxy) is 2. The van der Waals surface area contributed by atoms with Gasteiger partial charge in [-0.1, -0.05) is 0 Å². The van der Waals surface area contributed by atoms with E-state index in [0.29, 0.717) is 24.6 Å². The highest BCUT2D eigenvalue weighted by Crippen LogP contribution is 2.23. The first-order chi connectivity index (χ1) is 8.67.